The van der Waals surface area contributed by atoms with E-state index in [0.717, 1.165) is 19.3 Å². The molecule has 1 atom stereocenters. The first-order chi connectivity index (χ1) is 7.66. The van der Waals surface area contributed by atoms with E-state index in [9.17, 15) is 9.59 Å². The summed E-state index contributed by atoms with van der Waals surface area (Å²) < 4.78 is 0. The molecule has 0 saturated carbocycles. The molecule has 0 saturated heterocycles. The van der Waals surface area contributed by atoms with E-state index < -0.39 is 11.8 Å². The molecule has 1 aromatic carbocycles. The minimum atomic E-state index is -0.918. The number of carbonyl (C=O) groups is 2. The summed E-state index contributed by atoms with van der Waals surface area (Å²) in [6, 6.07) is 8.17. The van der Waals surface area contributed by atoms with E-state index in [-0.39, 0.29) is 6.04 Å². The first-order valence-corrected chi connectivity index (χ1v) is 5.34. The highest BCUT2D eigenvalue weighted by Crippen LogP contribution is 2.20. The Morgan fingerprint density at radius 2 is 1.94 bits per heavy atom. The van der Waals surface area contributed by atoms with Crippen molar-refractivity contribution < 1.29 is 9.59 Å². The van der Waals surface area contributed by atoms with Crippen molar-refractivity contribution in [2.45, 2.75) is 25.3 Å². The van der Waals surface area contributed by atoms with Crippen molar-refractivity contribution in [1.82, 2.24) is 5.32 Å². The lowest BCUT2D eigenvalue weighted by molar-refractivity contribution is -0.137. The Morgan fingerprint density at radius 1 is 1.25 bits per heavy atom. The molecule has 4 nitrogen and oxygen atoms in total. The smallest absolute Gasteiger partial charge is 0.309 e. The summed E-state index contributed by atoms with van der Waals surface area (Å²) in [5.74, 6) is -1.61. The monoisotopic (exact) mass is 218 g/mol. The van der Waals surface area contributed by atoms with Crippen molar-refractivity contribution in [1.29, 1.82) is 0 Å². The molecule has 0 radical (unpaired) electrons. The average molecular weight is 218 g/mol. The molecule has 4 heteroatoms. The van der Waals surface area contributed by atoms with Crippen LogP contribution in [-0.4, -0.2) is 17.9 Å². The number of amides is 2. The quantitative estimate of drug-likeness (QED) is 0.658. The Bertz CT molecular complexity index is 429. The maximum absolute atomic E-state index is 11.1. The Labute approximate surface area is 93.8 Å². The zero-order valence-electron chi connectivity index (χ0n) is 8.90. The predicted molar refractivity (Wildman–Crippen MR) is 59.6 cm³/mol. The lowest BCUT2D eigenvalue weighted by Gasteiger charge is -2.24. The largest absolute Gasteiger partial charge is 0.361 e. The van der Waals surface area contributed by atoms with E-state index in [1.165, 1.54) is 11.1 Å². The molecule has 1 aliphatic carbocycles. The van der Waals surface area contributed by atoms with Crippen molar-refractivity contribution in [2.24, 2.45) is 5.73 Å². The molecule has 1 aromatic rings. The van der Waals surface area contributed by atoms with Crippen molar-refractivity contribution in [3.63, 3.8) is 0 Å². The summed E-state index contributed by atoms with van der Waals surface area (Å²) in [6.45, 7) is 0. The predicted octanol–water partition coefficient (Wildman–Crippen LogP) is 0.145. The molecule has 0 fully saturated rings. The summed E-state index contributed by atoms with van der Waals surface area (Å²) in [6.07, 6.45) is 2.56. The number of primary amides is 1. The van der Waals surface area contributed by atoms with E-state index in [1.807, 2.05) is 12.1 Å². The summed E-state index contributed by atoms with van der Waals surface area (Å²) >= 11 is 0. The van der Waals surface area contributed by atoms with E-state index in [0.29, 0.717) is 0 Å². The van der Waals surface area contributed by atoms with Gasteiger partial charge >= 0.3 is 11.8 Å². The van der Waals surface area contributed by atoms with Crippen molar-refractivity contribution in [3.05, 3.63) is 35.4 Å². The highest BCUT2D eigenvalue weighted by Gasteiger charge is 2.21. The Kier molecular flexibility index (Phi) is 2.90. The first kappa shape index (κ1) is 10.7. The molecule has 16 heavy (non-hydrogen) atoms. The maximum Gasteiger partial charge on any atom is 0.309 e. The van der Waals surface area contributed by atoms with Crippen LogP contribution in [0, 0.1) is 0 Å². The van der Waals surface area contributed by atoms with Gasteiger partial charge in [-0.05, 0) is 30.4 Å². The summed E-state index contributed by atoms with van der Waals surface area (Å²) in [5, 5.41) is 2.65. The summed E-state index contributed by atoms with van der Waals surface area (Å²) in [5.41, 5.74) is 7.46. The van der Waals surface area contributed by atoms with Gasteiger partial charge in [0.25, 0.3) is 0 Å². The third-order valence-electron chi connectivity index (χ3n) is 2.91. The molecule has 1 unspecified atom stereocenters. The number of nitrogens with two attached hydrogens (primary N) is 1. The van der Waals surface area contributed by atoms with Gasteiger partial charge in [-0.25, -0.2) is 0 Å². The standard InChI is InChI=1S/C12H14N2O2/c13-11(15)12(16)14-10-6-5-8-3-1-2-4-9(8)7-10/h1-4,10H,5-7H2,(H2,13,15)(H,14,16). The fourth-order valence-corrected chi connectivity index (χ4v) is 2.08. The van der Waals surface area contributed by atoms with Gasteiger partial charge in [-0.2, -0.15) is 0 Å². The number of hydrogen-bond acceptors (Lipinski definition) is 2. The number of nitrogens with one attached hydrogen (secondary N) is 1. The first-order valence-electron chi connectivity index (χ1n) is 5.34. The molecule has 0 aliphatic heterocycles. The summed E-state index contributed by atoms with van der Waals surface area (Å²) in [7, 11) is 0. The Morgan fingerprint density at radius 3 is 2.62 bits per heavy atom. The number of carbonyl (C=O) groups excluding carboxylic acids is 2. The van der Waals surface area contributed by atoms with Crippen molar-refractivity contribution in [3.8, 4) is 0 Å². The van der Waals surface area contributed by atoms with Crippen LogP contribution in [0.4, 0.5) is 0 Å². The van der Waals surface area contributed by atoms with E-state index >= 15 is 0 Å². The number of fused-ring (bicyclic) bond motifs is 1. The van der Waals surface area contributed by atoms with Crippen LogP contribution in [0.25, 0.3) is 0 Å². The number of benzene rings is 1. The second kappa shape index (κ2) is 4.35. The molecule has 3 N–H and O–H groups in total. The zero-order valence-corrected chi connectivity index (χ0v) is 8.90. The molecule has 0 aromatic heterocycles. The summed E-state index contributed by atoms with van der Waals surface area (Å²) in [4.78, 5) is 21.8. The van der Waals surface area contributed by atoms with Crippen molar-refractivity contribution in [2.75, 3.05) is 0 Å². The minimum Gasteiger partial charge on any atom is -0.361 e. The number of hydrogen-bond donors (Lipinski definition) is 2. The Hall–Kier alpha value is -1.84. The van der Waals surface area contributed by atoms with Gasteiger partial charge in [0.15, 0.2) is 0 Å². The molecule has 84 valence electrons. The van der Waals surface area contributed by atoms with Crippen LogP contribution in [0.15, 0.2) is 24.3 Å². The van der Waals surface area contributed by atoms with Gasteiger partial charge in [-0.15, -0.1) is 0 Å². The zero-order chi connectivity index (χ0) is 11.5. The molecule has 0 heterocycles. The minimum absolute atomic E-state index is 0.0231. The normalized spacial score (nSPS) is 18.6. The van der Waals surface area contributed by atoms with Crippen LogP contribution in [0.1, 0.15) is 17.5 Å². The Balaban J connectivity index is 2.03. The third kappa shape index (κ3) is 2.21. The van der Waals surface area contributed by atoms with Gasteiger partial charge < -0.3 is 11.1 Å². The van der Waals surface area contributed by atoms with Gasteiger partial charge in [-0.3, -0.25) is 9.59 Å². The number of rotatable bonds is 1. The van der Waals surface area contributed by atoms with Crippen LogP contribution in [0.2, 0.25) is 0 Å². The van der Waals surface area contributed by atoms with Gasteiger partial charge in [0.2, 0.25) is 0 Å². The highest BCUT2D eigenvalue weighted by atomic mass is 16.2. The van der Waals surface area contributed by atoms with Crippen LogP contribution in [0.5, 0.6) is 0 Å². The van der Waals surface area contributed by atoms with Gasteiger partial charge in [0, 0.05) is 6.04 Å². The topological polar surface area (TPSA) is 72.2 Å². The molecule has 1 aliphatic rings. The van der Waals surface area contributed by atoms with Gasteiger partial charge in [0.1, 0.15) is 0 Å². The van der Waals surface area contributed by atoms with Crippen LogP contribution < -0.4 is 11.1 Å². The van der Waals surface area contributed by atoms with Crippen LogP contribution in [-0.2, 0) is 22.4 Å². The average Bonchev–Trinajstić information content (AvgIpc) is 2.28. The van der Waals surface area contributed by atoms with Crippen LogP contribution in [0.3, 0.4) is 0 Å². The molecule has 2 amide bonds. The SMILES string of the molecule is NC(=O)C(=O)NC1CCc2ccccc2C1. The second-order valence-electron chi connectivity index (χ2n) is 4.05. The molecular formula is C12H14N2O2. The second-order valence-corrected chi connectivity index (χ2v) is 4.05. The van der Waals surface area contributed by atoms with Gasteiger partial charge in [0.05, 0.1) is 0 Å². The highest BCUT2D eigenvalue weighted by molar-refractivity contribution is 6.34. The fourth-order valence-electron chi connectivity index (χ4n) is 2.08. The molecular weight excluding hydrogens is 204 g/mol. The van der Waals surface area contributed by atoms with Crippen LogP contribution >= 0.6 is 0 Å². The molecule has 2 rings (SSSR count). The van der Waals surface area contributed by atoms with E-state index in [1.54, 1.807) is 0 Å². The van der Waals surface area contributed by atoms with Crippen molar-refractivity contribution >= 4 is 11.8 Å². The van der Waals surface area contributed by atoms with E-state index in [2.05, 4.69) is 17.4 Å². The molecule has 0 spiro atoms. The number of aryl methyl sites for hydroxylation is 1. The lowest BCUT2D eigenvalue weighted by Crippen LogP contribution is -2.44. The van der Waals surface area contributed by atoms with Gasteiger partial charge in [-0.1, -0.05) is 24.3 Å². The lowest BCUT2D eigenvalue weighted by atomic mass is 9.88. The maximum atomic E-state index is 11.1. The van der Waals surface area contributed by atoms with E-state index in [4.69, 9.17) is 5.73 Å². The fraction of sp³-hybridized carbons (Fsp3) is 0.333. The molecule has 0 bridgehead atoms. The third-order valence-corrected chi connectivity index (χ3v) is 2.91.